The number of ether oxygens (including phenoxy) is 2. The van der Waals surface area contributed by atoms with Gasteiger partial charge in [-0.25, -0.2) is 18.4 Å². The molecule has 0 saturated heterocycles. The summed E-state index contributed by atoms with van der Waals surface area (Å²) in [4.78, 5) is 37.7. The van der Waals surface area contributed by atoms with E-state index in [1.807, 2.05) is 0 Å². The molecule has 1 aliphatic carbocycles. The van der Waals surface area contributed by atoms with Gasteiger partial charge in [0.1, 0.15) is 0 Å². The zero-order valence-electron chi connectivity index (χ0n) is 17.5. The van der Waals surface area contributed by atoms with Crippen LogP contribution in [0.15, 0.2) is 17.8 Å². The molecule has 1 N–H and O–H groups in total. The van der Waals surface area contributed by atoms with Crippen molar-refractivity contribution >= 4 is 29.2 Å². The Morgan fingerprint density at radius 1 is 1.10 bits per heavy atom. The molecule has 1 aromatic carbocycles. The number of nitrogens with zero attached hydrogens (tertiary/aromatic N) is 1. The molecule has 1 saturated carbocycles. The minimum absolute atomic E-state index is 0.0527. The van der Waals surface area contributed by atoms with Gasteiger partial charge < -0.3 is 19.7 Å². The van der Waals surface area contributed by atoms with Gasteiger partial charge in [-0.05, 0) is 39.2 Å². The summed E-state index contributed by atoms with van der Waals surface area (Å²) in [5.74, 6) is -4.56. The van der Waals surface area contributed by atoms with Crippen molar-refractivity contribution in [2.45, 2.75) is 53.0 Å². The fourth-order valence-corrected chi connectivity index (χ4v) is 2.97. The second kappa shape index (κ2) is 10.2. The quantitative estimate of drug-likeness (QED) is 0.283. The third-order valence-electron chi connectivity index (χ3n) is 4.43. The van der Waals surface area contributed by atoms with E-state index in [9.17, 15) is 23.2 Å². The minimum Gasteiger partial charge on any atom is -0.462 e. The average molecular weight is 424 g/mol. The Kier molecular flexibility index (Phi) is 7.91. The van der Waals surface area contributed by atoms with Crippen LogP contribution in [0.4, 0.5) is 20.2 Å². The third kappa shape index (κ3) is 5.34. The van der Waals surface area contributed by atoms with Gasteiger partial charge in [0, 0.05) is 30.4 Å². The van der Waals surface area contributed by atoms with Gasteiger partial charge in [0.2, 0.25) is 5.91 Å². The highest BCUT2D eigenvalue weighted by Gasteiger charge is 2.34. The van der Waals surface area contributed by atoms with E-state index < -0.39 is 29.5 Å². The summed E-state index contributed by atoms with van der Waals surface area (Å²) >= 11 is 0. The van der Waals surface area contributed by atoms with Crippen LogP contribution < -0.4 is 10.2 Å². The lowest BCUT2D eigenvalue weighted by atomic mass is 10.1. The molecule has 1 amide bonds. The Morgan fingerprint density at radius 3 is 2.10 bits per heavy atom. The molecule has 0 bridgehead atoms. The largest absolute Gasteiger partial charge is 0.462 e. The summed E-state index contributed by atoms with van der Waals surface area (Å²) in [6, 6.07) is 1.19. The van der Waals surface area contributed by atoms with Gasteiger partial charge in [-0.3, -0.25) is 4.79 Å². The van der Waals surface area contributed by atoms with Gasteiger partial charge in [-0.2, -0.15) is 0 Å². The molecule has 164 valence electrons. The zero-order valence-corrected chi connectivity index (χ0v) is 17.5. The third-order valence-corrected chi connectivity index (χ3v) is 4.43. The Labute approximate surface area is 174 Å². The van der Waals surface area contributed by atoms with Crippen molar-refractivity contribution in [1.82, 2.24) is 0 Å². The molecule has 0 aliphatic heterocycles. The van der Waals surface area contributed by atoms with Crippen molar-refractivity contribution in [3.63, 3.8) is 0 Å². The van der Waals surface area contributed by atoms with Crippen LogP contribution in [0.3, 0.4) is 0 Å². The van der Waals surface area contributed by atoms with Crippen molar-refractivity contribution in [1.29, 1.82) is 0 Å². The smallest absolute Gasteiger partial charge is 0.347 e. The van der Waals surface area contributed by atoms with Crippen LogP contribution in [0.2, 0.25) is 0 Å². The van der Waals surface area contributed by atoms with Crippen molar-refractivity contribution in [3.05, 3.63) is 35.0 Å². The van der Waals surface area contributed by atoms with Gasteiger partial charge in [-0.1, -0.05) is 6.92 Å². The molecule has 2 rings (SSSR count). The van der Waals surface area contributed by atoms with Crippen molar-refractivity contribution in [2.24, 2.45) is 0 Å². The molecule has 1 aliphatic rings. The number of halogens is 2. The molecule has 30 heavy (non-hydrogen) atoms. The standard InChI is InChI=1S/C21H26F2N2O5/c1-5-14-17(10-16(24-12(4)26)19(23)18(14)22)25(13-8-9-13)11-15(20(27)29-6-2)21(28)30-7-3/h10-11,13H,5-9H2,1-4H3,(H,24,26). The van der Waals surface area contributed by atoms with E-state index in [1.54, 1.807) is 25.7 Å². The van der Waals surface area contributed by atoms with E-state index in [-0.39, 0.29) is 48.2 Å². The number of nitrogens with one attached hydrogen (secondary N) is 1. The molecule has 0 radical (unpaired) electrons. The highest BCUT2D eigenvalue weighted by atomic mass is 19.2. The number of hydrogen-bond donors (Lipinski definition) is 1. The maximum atomic E-state index is 14.8. The molecule has 1 aromatic rings. The lowest BCUT2D eigenvalue weighted by Gasteiger charge is -2.25. The molecule has 7 nitrogen and oxygen atoms in total. The maximum absolute atomic E-state index is 14.8. The van der Waals surface area contributed by atoms with Crippen molar-refractivity contribution in [2.75, 3.05) is 23.4 Å². The molecule has 0 atom stereocenters. The topological polar surface area (TPSA) is 84.9 Å². The minimum atomic E-state index is -1.17. The first-order chi connectivity index (χ1) is 14.2. The van der Waals surface area contributed by atoms with Crippen LogP contribution in [0, 0.1) is 11.6 Å². The second-order valence-corrected chi connectivity index (χ2v) is 6.71. The van der Waals surface area contributed by atoms with Crippen molar-refractivity contribution in [3.8, 4) is 0 Å². The Morgan fingerprint density at radius 2 is 1.67 bits per heavy atom. The number of rotatable bonds is 9. The SMILES string of the molecule is CCOC(=O)C(=CN(c1cc(NC(C)=O)c(F)c(F)c1CC)C1CC1)C(=O)OCC. The number of anilines is 2. The van der Waals surface area contributed by atoms with Crippen LogP contribution in [0.25, 0.3) is 0 Å². The van der Waals surface area contributed by atoms with E-state index in [0.717, 1.165) is 12.8 Å². The zero-order chi connectivity index (χ0) is 22.4. The Hall–Kier alpha value is -2.97. The Balaban J connectivity index is 2.64. The van der Waals surface area contributed by atoms with E-state index in [4.69, 9.17) is 9.47 Å². The monoisotopic (exact) mass is 424 g/mol. The molecule has 0 spiro atoms. The van der Waals surface area contributed by atoms with E-state index >= 15 is 0 Å². The summed E-state index contributed by atoms with van der Waals surface area (Å²) in [5, 5.41) is 2.27. The second-order valence-electron chi connectivity index (χ2n) is 6.71. The summed E-state index contributed by atoms with van der Waals surface area (Å²) < 4.78 is 39.1. The number of esters is 2. The molecular weight excluding hydrogens is 398 g/mol. The lowest BCUT2D eigenvalue weighted by molar-refractivity contribution is -0.146. The molecule has 0 unspecified atom stereocenters. The molecular formula is C21H26F2N2O5. The fraction of sp³-hybridized carbons (Fsp3) is 0.476. The summed E-state index contributed by atoms with van der Waals surface area (Å²) in [6.07, 6.45) is 2.88. The van der Waals surface area contributed by atoms with Gasteiger partial charge in [0.15, 0.2) is 17.2 Å². The molecule has 1 fully saturated rings. The van der Waals surface area contributed by atoms with Crippen LogP contribution >= 0.6 is 0 Å². The normalized spacial score (nSPS) is 12.7. The Bertz CT molecular complexity index is 845. The maximum Gasteiger partial charge on any atom is 0.347 e. The lowest BCUT2D eigenvalue weighted by Crippen LogP contribution is -2.27. The predicted molar refractivity (Wildman–Crippen MR) is 107 cm³/mol. The first kappa shape index (κ1) is 23.3. The van der Waals surface area contributed by atoms with Gasteiger partial charge >= 0.3 is 11.9 Å². The number of benzene rings is 1. The van der Waals surface area contributed by atoms with Gasteiger partial charge in [-0.15, -0.1) is 0 Å². The number of hydrogen-bond acceptors (Lipinski definition) is 6. The summed E-state index contributed by atoms with van der Waals surface area (Å²) in [7, 11) is 0. The first-order valence-electron chi connectivity index (χ1n) is 9.87. The average Bonchev–Trinajstić information content (AvgIpc) is 3.51. The fourth-order valence-electron chi connectivity index (χ4n) is 2.97. The highest BCUT2D eigenvalue weighted by molar-refractivity contribution is 6.14. The van der Waals surface area contributed by atoms with Crippen LogP contribution in [-0.4, -0.2) is 37.1 Å². The number of carbonyl (C=O) groups excluding carboxylic acids is 3. The first-order valence-corrected chi connectivity index (χ1v) is 9.87. The molecule has 0 aromatic heterocycles. The number of carbonyl (C=O) groups is 3. The molecule has 9 heteroatoms. The van der Waals surface area contributed by atoms with Gasteiger partial charge in [0.25, 0.3) is 0 Å². The number of amides is 1. The predicted octanol–water partition coefficient (Wildman–Crippen LogP) is 3.46. The van der Waals surface area contributed by atoms with E-state index in [2.05, 4.69) is 5.32 Å². The van der Waals surface area contributed by atoms with Crippen LogP contribution in [0.1, 0.15) is 46.1 Å². The van der Waals surface area contributed by atoms with Gasteiger partial charge in [0.05, 0.1) is 18.9 Å². The molecule has 0 heterocycles. The van der Waals surface area contributed by atoms with Crippen LogP contribution in [-0.2, 0) is 30.3 Å². The van der Waals surface area contributed by atoms with E-state index in [0.29, 0.717) is 0 Å². The highest BCUT2D eigenvalue weighted by Crippen LogP contribution is 2.38. The van der Waals surface area contributed by atoms with Crippen LogP contribution in [0.5, 0.6) is 0 Å². The summed E-state index contributed by atoms with van der Waals surface area (Å²) in [5.41, 5.74) is -0.343. The summed E-state index contributed by atoms with van der Waals surface area (Å²) in [6.45, 7) is 6.15. The van der Waals surface area contributed by atoms with Crippen molar-refractivity contribution < 1.29 is 32.6 Å². The van der Waals surface area contributed by atoms with E-state index in [1.165, 1.54) is 19.2 Å².